The fourth-order valence-electron chi connectivity index (χ4n) is 2.29. The number of aliphatic imine (C=N–C) groups is 1. The number of ether oxygens (including phenoxy) is 1. The molecule has 0 amide bonds. The second-order valence-electron chi connectivity index (χ2n) is 5.98. The number of nitrogens with one attached hydrogen (secondary N) is 1. The summed E-state index contributed by atoms with van der Waals surface area (Å²) in [6.07, 6.45) is 1.28. The van der Waals surface area contributed by atoms with Gasteiger partial charge >= 0.3 is 6.61 Å². The molecule has 0 saturated carbocycles. The van der Waals surface area contributed by atoms with Crippen molar-refractivity contribution in [3.05, 3.63) is 29.8 Å². The quantitative estimate of drug-likeness (QED) is 0.317. The maximum Gasteiger partial charge on any atom is 0.387 e. The Morgan fingerprint density at radius 1 is 1.23 bits per heavy atom. The highest BCUT2D eigenvalue weighted by Gasteiger charge is 2.22. The van der Waals surface area contributed by atoms with Gasteiger partial charge in [0.1, 0.15) is 5.75 Å². The standard InChI is InChI=1S/C18H29F2N3O2.HI/c1-5-18(24,6-2)13-22-17(21-7-3)23(4)12-14-8-10-15(11-9-14)25-16(19)20;/h8-11,16,24H,5-7,12-13H2,1-4H3,(H,21,22);1H. The minimum atomic E-state index is -2.82. The maximum atomic E-state index is 12.2. The van der Waals surface area contributed by atoms with Crippen molar-refractivity contribution in [2.75, 3.05) is 20.1 Å². The van der Waals surface area contributed by atoms with Crippen molar-refractivity contribution in [1.29, 1.82) is 0 Å². The van der Waals surface area contributed by atoms with Gasteiger partial charge in [-0.05, 0) is 37.5 Å². The van der Waals surface area contributed by atoms with Crippen LogP contribution >= 0.6 is 24.0 Å². The van der Waals surface area contributed by atoms with E-state index in [1.165, 1.54) is 12.1 Å². The van der Waals surface area contributed by atoms with Crippen molar-refractivity contribution in [2.24, 2.45) is 4.99 Å². The topological polar surface area (TPSA) is 57.1 Å². The summed E-state index contributed by atoms with van der Waals surface area (Å²) >= 11 is 0. The number of alkyl halides is 2. The normalized spacial score (nSPS) is 11.9. The van der Waals surface area contributed by atoms with E-state index in [-0.39, 0.29) is 29.7 Å². The van der Waals surface area contributed by atoms with E-state index in [0.29, 0.717) is 38.4 Å². The Kier molecular flexibility index (Phi) is 11.7. The molecule has 0 heterocycles. The summed E-state index contributed by atoms with van der Waals surface area (Å²) in [7, 11) is 1.89. The highest BCUT2D eigenvalue weighted by Crippen LogP contribution is 2.17. The SMILES string of the molecule is CCNC(=NCC(O)(CC)CC)N(C)Cc1ccc(OC(F)F)cc1.I. The summed E-state index contributed by atoms with van der Waals surface area (Å²) in [6.45, 7) is 4.63. The monoisotopic (exact) mass is 485 g/mol. The summed E-state index contributed by atoms with van der Waals surface area (Å²) in [5.74, 6) is 0.827. The fraction of sp³-hybridized carbons (Fsp3) is 0.611. The van der Waals surface area contributed by atoms with Crippen molar-refractivity contribution in [2.45, 2.75) is 52.4 Å². The van der Waals surface area contributed by atoms with Crippen LogP contribution in [0.4, 0.5) is 8.78 Å². The minimum absolute atomic E-state index is 0. The molecule has 2 N–H and O–H groups in total. The van der Waals surface area contributed by atoms with E-state index in [1.807, 2.05) is 32.7 Å². The van der Waals surface area contributed by atoms with Crippen LogP contribution in [0.3, 0.4) is 0 Å². The van der Waals surface area contributed by atoms with Gasteiger partial charge in [0, 0.05) is 20.1 Å². The summed E-state index contributed by atoms with van der Waals surface area (Å²) in [5, 5.41) is 13.6. The molecule has 0 saturated heterocycles. The van der Waals surface area contributed by atoms with Gasteiger partial charge in [0.15, 0.2) is 5.96 Å². The van der Waals surface area contributed by atoms with Crippen LogP contribution in [0.5, 0.6) is 5.75 Å². The molecule has 8 heteroatoms. The second-order valence-corrected chi connectivity index (χ2v) is 5.98. The Bertz CT molecular complexity index is 538. The van der Waals surface area contributed by atoms with Gasteiger partial charge in [-0.15, -0.1) is 24.0 Å². The molecule has 5 nitrogen and oxygen atoms in total. The van der Waals surface area contributed by atoms with E-state index < -0.39 is 12.2 Å². The van der Waals surface area contributed by atoms with Crippen LogP contribution in [-0.2, 0) is 6.54 Å². The van der Waals surface area contributed by atoms with E-state index in [4.69, 9.17) is 0 Å². The summed E-state index contributed by atoms with van der Waals surface area (Å²) in [6, 6.07) is 6.52. The van der Waals surface area contributed by atoms with Crippen LogP contribution < -0.4 is 10.1 Å². The Balaban J connectivity index is 0.00000625. The predicted octanol–water partition coefficient (Wildman–Crippen LogP) is 3.85. The number of hydrogen-bond donors (Lipinski definition) is 2. The van der Waals surface area contributed by atoms with E-state index >= 15 is 0 Å². The third-order valence-electron chi connectivity index (χ3n) is 4.10. The number of rotatable bonds is 9. The molecule has 0 unspecified atom stereocenters. The van der Waals surface area contributed by atoms with Crippen molar-refractivity contribution >= 4 is 29.9 Å². The van der Waals surface area contributed by atoms with Crippen molar-refractivity contribution in [1.82, 2.24) is 10.2 Å². The minimum Gasteiger partial charge on any atom is -0.435 e. The van der Waals surface area contributed by atoms with Crippen LogP contribution in [0.15, 0.2) is 29.3 Å². The Labute approximate surface area is 171 Å². The molecule has 0 aliphatic carbocycles. The van der Waals surface area contributed by atoms with E-state index in [1.54, 1.807) is 12.1 Å². The zero-order chi connectivity index (χ0) is 18.9. The van der Waals surface area contributed by atoms with E-state index in [0.717, 1.165) is 5.56 Å². The first-order valence-corrected chi connectivity index (χ1v) is 8.59. The fourth-order valence-corrected chi connectivity index (χ4v) is 2.29. The second kappa shape index (κ2) is 12.3. The molecule has 0 aliphatic heterocycles. The van der Waals surface area contributed by atoms with Gasteiger partial charge in [-0.3, -0.25) is 4.99 Å². The lowest BCUT2D eigenvalue weighted by atomic mass is 9.98. The number of guanidine groups is 1. The van der Waals surface area contributed by atoms with Crippen molar-refractivity contribution < 1.29 is 18.6 Å². The average molecular weight is 485 g/mol. The summed E-state index contributed by atoms with van der Waals surface area (Å²) < 4.78 is 28.7. The van der Waals surface area contributed by atoms with E-state index in [2.05, 4.69) is 15.0 Å². The molecule has 150 valence electrons. The average Bonchev–Trinajstić information content (AvgIpc) is 2.59. The number of halogens is 3. The number of nitrogens with zero attached hydrogens (tertiary/aromatic N) is 2. The lowest BCUT2D eigenvalue weighted by Gasteiger charge is -2.26. The number of benzene rings is 1. The molecule has 0 bridgehead atoms. The lowest BCUT2D eigenvalue weighted by Crippen LogP contribution is -2.40. The highest BCUT2D eigenvalue weighted by molar-refractivity contribution is 14.0. The van der Waals surface area contributed by atoms with Gasteiger partial charge in [0.05, 0.1) is 12.1 Å². The van der Waals surface area contributed by atoms with Gasteiger partial charge < -0.3 is 20.1 Å². The van der Waals surface area contributed by atoms with Gasteiger partial charge in [-0.1, -0.05) is 26.0 Å². The zero-order valence-corrected chi connectivity index (χ0v) is 18.2. The van der Waals surface area contributed by atoms with Crippen LogP contribution in [0.1, 0.15) is 39.2 Å². The molecule has 0 fully saturated rings. The van der Waals surface area contributed by atoms with Gasteiger partial charge in [-0.25, -0.2) is 0 Å². The number of aliphatic hydroxyl groups is 1. The molecule has 0 aromatic heterocycles. The highest BCUT2D eigenvalue weighted by atomic mass is 127. The summed E-state index contributed by atoms with van der Waals surface area (Å²) in [4.78, 5) is 6.47. The third kappa shape index (κ3) is 8.48. The molecule has 1 aromatic carbocycles. The van der Waals surface area contributed by atoms with Crippen LogP contribution in [0.2, 0.25) is 0 Å². The van der Waals surface area contributed by atoms with Crippen LogP contribution in [-0.4, -0.2) is 48.3 Å². The van der Waals surface area contributed by atoms with Crippen LogP contribution in [0, 0.1) is 0 Å². The largest absolute Gasteiger partial charge is 0.435 e. The molecule has 26 heavy (non-hydrogen) atoms. The maximum absolute atomic E-state index is 12.2. The molecular formula is C18H30F2IN3O2. The molecule has 0 spiro atoms. The van der Waals surface area contributed by atoms with E-state index in [9.17, 15) is 13.9 Å². The van der Waals surface area contributed by atoms with Crippen molar-refractivity contribution in [3.63, 3.8) is 0 Å². The predicted molar refractivity (Wildman–Crippen MR) is 111 cm³/mol. The molecule has 0 atom stereocenters. The molecule has 0 aliphatic rings. The first kappa shape index (κ1) is 24.8. The van der Waals surface area contributed by atoms with Gasteiger partial charge in [-0.2, -0.15) is 8.78 Å². The molecule has 1 aromatic rings. The lowest BCUT2D eigenvalue weighted by molar-refractivity contribution is -0.0498. The van der Waals surface area contributed by atoms with Gasteiger partial charge in [0.25, 0.3) is 0 Å². The third-order valence-corrected chi connectivity index (χ3v) is 4.10. The number of hydrogen-bond acceptors (Lipinski definition) is 3. The first-order chi connectivity index (χ1) is 11.8. The van der Waals surface area contributed by atoms with Crippen molar-refractivity contribution in [3.8, 4) is 5.75 Å². The van der Waals surface area contributed by atoms with Gasteiger partial charge in [0.2, 0.25) is 0 Å². The summed E-state index contributed by atoms with van der Waals surface area (Å²) in [5.41, 5.74) is 0.145. The Morgan fingerprint density at radius 2 is 1.81 bits per heavy atom. The zero-order valence-electron chi connectivity index (χ0n) is 15.8. The Hall–Kier alpha value is -1.16. The first-order valence-electron chi connectivity index (χ1n) is 8.59. The molecular weight excluding hydrogens is 455 g/mol. The molecule has 1 rings (SSSR count). The molecule has 0 radical (unpaired) electrons. The Morgan fingerprint density at radius 3 is 2.27 bits per heavy atom. The smallest absolute Gasteiger partial charge is 0.387 e. The van der Waals surface area contributed by atoms with Crippen LogP contribution in [0.25, 0.3) is 0 Å².